The second-order valence-electron chi connectivity index (χ2n) is 2.18. The zero-order chi connectivity index (χ0) is 8.97. The molecule has 1 aromatic rings. The molecule has 0 radical (unpaired) electrons. The Kier molecular flexibility index (Phi) is 3.32. The number of nitrogens with zero attached hydrogens (tertiary/aromatic N) is 2. The minimum absolute atomic E-state index is 0.0219. The molecule has 3 nitrogen and oxygen atoms in total. The van der Waals surface area contributed by atoms with E-state index < -0.39 is 0 Å². The summed E-state index contributed by atoms with van der Waals surface area (Å²) < 4.78 is 7.75. The summed E-state index contributed by atoms with van der Waals surface area (Å²) >= 11 is 6.77. The van der Waals surface area contributed by atoms with E-state index in [2.05, 4.69) is 20.0 Å². The van der Waals surface area contributed by atoms with E-state index in [9.17, 15) is 0 Å². The fourth-order valence-electron chi connectivity index (χ4n) is 0.690. The van der Waals surface area contributed by atoms with Crippen molar-refractivity contribution in [2.24, 2.45) is 0 Å². The Bertz CT molecular complexity index is 291. The number of hydrogen-bond acceptors (Lipinski definition) is 4. The smallest absolute Gasteiger partial charge is 0.186 e. The van der Waals surface area contributed by atoms with E-state index in [4.69, 9.17) is 18.0 Å². The molecule has 0 aliphatic carbocycles. The Morgan fingerprint density at radius 1 is 1.75 bits per heavy atom. The molecule has 0 aliphatic rings. The third-order valence-corrected chi connectivity index (χ3v) is 2.26. The molecule has 1 rings (SSSR count). The van der Waals surface area contributed by atoms with Gasteiger partial charge >= 0.3 is 0 Å². The first-order valence-corrected chi connectivity index (χ1v) is 4.59. The van der Waals surface area contributed by atoms with Crippen molar-refractivity contribution >= 4 is 29.1 Å². The van der Waals surface area contributed by atoms with E-state index in [0.29, 0.717) is 11.0 Å². The summed E-state index contributed by atoms with van der Waals surface area (Å²) in [6.07, 6.45) is 6.09. The van der Waals surface area contributed by atoms with Gasteiger partial charge in [-0.3, -0.25) is 0 Å². The normalized spacial score (nSPS) is 12.1. The van der Waals surface area contributed by atoms with Crippen LogP contribution in [-0.4, -0.2) is 14.8 Å². The first kappa shape index (κ1) is 9.30. The van der Waals surface area contributed by atoms with Gasteiger partial charge < -0.3 is 5.32 Å². The summed E-state index contributed by atoms with van der Waals surface area (Å²) in [6.45, 7) is 1.99. The first-order chi connectivity index (χ1) is 5.77. The van der Waals surface area contributed by atoms with E-state index >= 15 is 0 Å². The monoisotopic (exact) mass is 201 g/mol. The predicted octanol–water partition coefficient (Wildman–Crippen LogP) is 2.02. The van der Waals surface area contributed by atoms with Crippen molar-refractivity contribution in [3.8, 4) is 12.3 Å². The van der Waals surface area contributed by atoms with Crippen LogP contribution in [0.2, 0.25) is 5.15 Å². The maximum absolute atomic E-state index is 5.70. The van der Waals surface area contributed by atoms with Gasteiger partial charge in [0.25, 0.3) is 0 Å². The SMILES string of the molecule is C#CC(CC)Nc1nsnc1Cl. The maximum Gasteiger partial charge on any atom is 0.186 e. The molecule has 12 heavy (non-hydrogen) atoms. The molecule has 1 aromatic heterocycles. The average molecular weight is 202 g/mol. The van der Waals surface area contributed by atoms with E-state index in [1.165, 1.54) is 0 Å². The second kappa shape index (κ2) is 4.29. The van der Waals surface area contributed by atoms with Crippen LogP contribution in [0, 0.1) is 12.3 Å². The fourth-order valence-corrected chi connectivity index (χ4v) is 1.35. The van der Waals surface area contributed by atoms with Gasteiger partial charge in [0.05, 0.1) is 17.8 Å². The summed E-state index contributed by atoms with van der Waals surface area (Å²) in [7, 11) is 0. The van der Waals surface area contributed by atoms with Crippen LogP contribution in [0.1, 0.15) is 13.3 Å². The lowest BCUT2D eigenvalue weighted by molar-refractivity contribution is 0.853. The van der Waals surface area contributed by atoms with Crippen molar-refractivity contribution in [3.63, 3.8) is 0 Å². The third kappa shape index (κ3) is 2.10. The Labute approximate surface area is 80.5 Å². The van der Waals surface area contributed by atoms with Crippen molar-refractivity contribution < 1.29 is 0 Å². The summed E-state index contributed by atoms with van der Waals surface area (Å²) in [5.74, 6) is 3.16. The predicted molar refractivity (Wildman–Crippen MR) is 51.5 cm³/mol. The van der Waals surface area contributed by atoms with Crippen LogP contribution in [0.5, 0.6) is 0 Å². The van der Waals surface area contributed by atoms with E-state index in [0.717, 1.165) is 18.1 Å². The molecule has 0 saturated carbocycles. The Hall–Kier alpha value is -0.790. The first-order valence-electron chi connectivity index (χ1n) is 3.48. The number of anilines is 1. The average Bonchev–Trinajstić information content (AvgIpc) is 2.47. The summed E-state index contributed by atoms with van der Waals surface area (Å²) in [5.41, 5.74) is 0. The molecular weight excluding hydrogens is 194 g/mol. The number of hydrogen-bond donors (Lipinski definition) is 1. The van der Waals surface area contributed by atoms with Gasteiger partial charge in [0.15, 0.2) is 11.0 Å². The van der Waals surface area contributed by atoms with Crippen molar-refractivity contribution in [3.05, 3.63) is 5.15 Å². The molecular formula is C7H8ClN3S. The molecule has 1 atom stereocenters. The molecule has 0 fully saturated rings. The second-order valence-corrected chi connectivity index (χ2v) is 3.06. The lowest BCUT2D eigenvalue weighted by Crippen LogP contribution is -2.15. The molecule has 0 saturated heterocycles. The van der Waals surface area contributed by atoms with Crippen molar-refractivity contribution in [2.75, 3.05) is 5.32 Å². The zero-order valence-electron chi connectivity index (χ0n) is 6.54. The van der Waals surface area contributed by atoms with Crippen LogP contribution < -0.4 is 5.32 Å². The largest absolute Gasteiger partial charge is 0.353 e. The van der Waals surface area contributed by atoms with E-state index in [1.54, 1.807) is 0 Å². The lowest BCUT2D eigenvalue weighted by atomic mass is 10.2. The Balaban J connectivity index is 2.64. The van der Waals surface area contributed by atoms with Crippen LogP contribution in [-0.2, 0) is 0 Å². The van der Waals surface area contributed by atoms with Gasteiger partial charge in [-0.1, -0.05) is 24.4 Å². The minimum atomic E-state index is -0.0219. The lowest BCUT2D eigenvalue weighted by Gasteiger charge is -2.08. The molecule has 0 aromatic carbocycles. The van der Waals surface area contributed by atoms with Gasteiger partial charge in [-0.2, -0.15) is 8.75 Å². The molecule has 0 aliphatic heterocycles. The van der Waals surface area contributed by atoms with Crippen LogP contribution in [0.3, 0.4) is 0 Å². The Morgan fingerprint density at radius 2 is 2.50 bits per heavy atom. The number of rotatable bonds is 3. The van der Waals surface area contributed by atoms with Gasteiger partial charge in [0, 0.05) is 0 Å². The highest BCUT2D eigenvalue weighted by molar-refractivity contribution is 6.99. The van der Waals surface area contributed by atoms with Crippen LogP contribution in [0.4, 0.5) is 5.82 Å². The molecule has 64 valence electrons. The molecule has 0 bridgehead atoms. The van der Waals surface area contributed by atoms with E-state index in [1.807, 2.05) is 6.92 Å². The van der Waals surface area contributed by atoms with Crippen LogP contribution in [0.15, 0.2) is 0 Å². The summed E-state index contributed by atoms with van der Waals surface area (Å²) in [4.78, 5) is 0. The number of halogens is 1. The van der Waals surface area contributed by atoms with Crippen LogP contribution in [0.25, 0.3) is 0 Å². The Morgan fingerprint density at radius 3 is 2.92 bits per heavy atom. The summed E-state index contributed by atoms with van der Waals surface area (Å²) in [6, 6.07) is -0.0219. The van der Waals surface area contributed by atoms with Gasteiger partial charge in [-0.15, -0.1) is 6.42 Å². The highest BCUT2D eigenvalue weighted by Crippen LogP contribution is 2.18. The topological polar surface area (TPSA) is 37.8 Å². The standard InChI is InChI=1S/C7H8ClN3S/c1-3-5(4-2)9-7-6(8)10-12-11-7/h1,5H,4H2,2H3,(H,9,11). The minimum Gasteiger partial charge on any atom is -0.353 e. The van der Waals surface area contributed by atoms with Gasteiger partial charge in [-0.05, 0) is 6.42 Å². The molecule has 1 heterocycles. The summed E-state index contributed by atoms with van der Waals surface area (Å²) in [5, 5.41) is 3.38. The molecule has 5 heteroatoms. The van der Waals surface area contributed by atoms with Crippen molar-refractivity contribution in [2.45, 2.75) is 19.4 Å². The van der Waals surface area contributed by atoms with E-state index in [-0.39, 0.29) is 6.04 Å². The third-order valence-electron chi connectivity index (χ3n) is 1.37. The molecule has 1 N–H and O–H groups in total. The quantitative estimate of drug-likeness (QED) is 0.761. The van der Waals surface area contributed by atoms with Crippen molar-refractivity contribution in [1.82, 2.24) is 8.75 Å². The van der Waals surface area contributed by atoms with Gasteiger partial charge in [0.2, 0.25) is 0 Å². The molecule has 1 unspecified atom stereocenters. The zero-order valence-corrected chi connectivity index (χ0v) is 8.11. The number of aromatic nitrogens is 2. The van der Waals surface area contributed by atoms with Gasteiger partial charge in [0.1, 0.15) is 0 Å². The maximum atomic E-state index is 5.70. The number of nitrogens with one attached hydrogen (secondary N) is 1. The van der Waals surface area contributed by atoms with Gasteiger partial charge in [-0.25, -0.2) is 0 Å². The van der Waals surface area contributed by atoms with Crippen LogP contribution >= 0.6 is 23.3 Å². The molecule has 0 amide bonds. The van der Waals surface area contributed by atoms with Crippen molar-refractivity contribution in [1.29, 1.82) is 0 Å². The molecule has 0 spiro atoms. The highest BCUT2D eigenvalue weighted by Gasteiger charge is 2.08. The number of terminal acetylenes is 1. The highest BCUT2D eigenvalue weighted by atomic mass is 35.5. The fraction of sp³-hybridized carbons (Fsp3) is 0.429.